The molecule has 0 spiro atoms. The van der Waals surface area contributed by atoms with E-state index in [1.807, 2.05) is 0 Å². The van der Waals surface area contributed by atoms with Crippen molar-refractivity contribution in [3.05, 3.63) is 78.5 Å². The summed E-state index contributed by atoms with van der Waals surface area (Å²) in [5.41, 5.74) is 7.97. The number of hydrogen-bond donors (Lipinski definition) is 1. The highest BCUT2D eigenvalue weighted by atomic mass is 19.3. The van der Waals surface area contributed by atoms with Crippen LogP contribution in [0.5, 0.6) is 0 Å². The van der Waals surface area contributed by atoms with Crippen LogP contribution in [0.3, 0.4) is 0 Å². The second kappa shape index (κ2) is 5.96. The van der Waals surface area contributed by atoms with Crippen LogP contribution in [0.25, 0.3) is 27.9 Å². The third-order valence-electron chi connectivity index (χ3n) is 4.10. The molecule has 0 radical (unpaired) electrons. The molecule has 0 aliphatic carbocycles. The molecule has 3 heterocycles. The van der Waals surface area contributed by atoms with E-state index < -0.39 is 6.05 Å². The van der Waals surface area contributed by atoms with Gasteiger partial charge in [-0.1, -0.05) is 0 Å². The molecule has 4 nitrogen and oxygen atoms in total. The Morgan fingerprint density at radius 3 is 2.23 bits per heavy atom. The number of rotatable bonds is 3. The van der Waals surface area contributed by atoms with Crippen LogP contribution < -0.4 is 5.73 Å². The molecule has 4 aromatic rings. The van der Waals surface area contributed by atoms with Crippen molar-refractivity contribution in [3.63, 3.8) is 0 Å². The van der Waals surface area contributed by atoms with Gasteiger partial charge in [0.25, 0.3) is 0 Å². The van der Waals surface area contributed by atoms with E-state index in [9.17, 15) is 13.2 Å². The number of fused-ring (bicyclic) bond motifs is 1. The molecular formula is C19H13F3N4. The first-order chi connectivity index (χ1) is 12.4. The van der Waals surface area contributed by atoms with Gasteiger partial charge < -0.3 is 0 Å². The molecule has 0 fully saturated rings. The van der Waals surface area contributed by atoms with Crippen molar-refractivity contribution >= 4 is 5.52 Å². The lowest BCUT2D eigenvalue weighted by Crippen LogP contribution is -2.25. The number of pyridine rings is 2. The van der Waals surface area contributed by atoms with Gasteiger partial charge in [0, 0.05) is 29.7 Å². The van der Waals surface area contributed by atoms with E-state index in [1.165, 1.54) is 28.9 Å². The standard InChI is InChI=1S/C19H13F3N4/c20-15-4-1-13(2-5-15)18-17(12-7-9-24-10-8-12)16-6-3-14(19(21,22)23)11-26(16)25-18/h1-11H,23H2. The minimum absolute atomic E-state index is 0.348. The Balaban J connectivity index is 2.01. The first-order valence-corrected chi connectivity index (χ1v) is 7.79. The summed E-state index contributed by atoms with van der Waals surface area (Å²) in [6.45, 7) is 0. The Kier molecular flexibility index (Phi) is 3.73. The molecule has 130 valence electrons. The number of nitrogens with two attached hydrogens (primary N) is 1. The van der Waals surface area contributed by atoms with Crippen molar-refractivity contribution in [1.82, 2.24) is 14.6 Å². The fourth-order valence-electron chi connectivity index (χ4n) is 2.86. The van der Waals surface area contributed by atoms with E-state index in [-0.39, 0.29) is 11.4 Å². The van der Waals surface area contributed by atoms with Gasteiger partial charge in [-0.05, 0) is 54.1 Å². The van der Waals surface area contributed by atoms with Crippen LogP contribution in [-0.2, 0) is 6.05 Å². The molecule has 0 aliphatic heterocycles. The third kappa shape index (κ3) is 2.82. The molecule has 1 aromatic carbocycles. The molecular weight excluding hydrogens is 341 g/mol. The molecule has 3 aromatic heterocycles. The zero-order chi connectivity index (χ0) is 18.3. The maximum absolute atomic E-state index is 13.5. The highest BCUT2D eigenvalue weighted by Crippen LogP contribution is 2.35. The van der Waals surface area contributed by atoms with Gasteiger partial charge in [0.15, 0.2) is 0 Å². The van der Waals surface area contributed by atoms with E-state index in [1.54, 1.807) is 42.7 Å². The quantitative estimate of drug-likeness (QED) is 0.561. The number of hydrogen-bond acceptors (Lipinski definition) is 3. The van der Waals surface area contributed by atoms with Crippen molar-refractivity contribution in [1.29, 1.82) is 0 Å². The van der Waals surface area contributed by atoms with Crippen LogP contribution in [-0.4, -0.2) is 14.6 Å². The Labute approximate surface area is 146 Å². The zero-order valence-electron chi connectivity index (χ0n) is 13.4. The summed E-state index contributed by atoms with van der Waals surface area (Å²) in [4.78, 5) is 4.00. The monoisotopic (exact) mass is 354 g/mol. The minimum atomic E-state index is -3.47. The van der Waals surface area contributed by atoms with Gasteiger partial charge >= 0.3 is 6.05 Å². The summed E-state index contributed by atoms with van der Waals surface area (Å²) in [6.07, 6.45) is 4.47. The highest BCUT2D eigenvalue weighted by Gasteiger charge is 2.27. The first kappa shape index (κ1) is 16.3. The van der Waals surface area contributed by atoms with E-state index >= 15 is 0 Å². The summed E-state index contributed by atoms with van der Waals surface area (Å²) < 4.78 is 41.6. The SMILES string of the molecule is NC(F)(F)c1ccc2c(-c3ccncc3)c(-c3ccc(F)cc3)nn2c1. The van der Waals surface area contributed by atoms with E-state index in [0.717, 1.165) is 11.1 Å². The van der Waals surface area contributed by atoms with Gasteiger partial charge in [-0.2, -0.15) is 13.9 Å². The smallest absolute Gasteiger partial charge is 0.268 e. The van der Waals surface area contributed by atoms with Gasteiger partial charge in [0.2, 0.25) is 0 Å². The fourth-order valence-corrected chi connectivity index (χ4v) is 2.86. The van der Waals surface area contributed by atoms with Gasteiger partial charge in [0.05, 0.1) is 11.1 Å². The Bertz CT molecular complexity index is 1070. The number of nitrogens with zero attached hydrogens (tertiary/aromatic N) is 3. The van der Waals surface area contributed by atoms with Crippen molar-refractivity contribution in [2.75, 3.05) is 0 Å². The molecule has 0 atom stereocenters. The van der Waals surface area contributed by atoms with Gasteiger partial charge in [-0.15, -0.1) is 0 Å². The van der Waals surface area contributed by atoms with Crippen LogP contribution in [0, 0.1) is 5.82 Å². The number of aromatic nitrogens is 3. The normalized spacial score (nSPS) is 11.8. The molecule has 26 heavy (non-hydrogen) atoms. The van der Waals surface area contributed by atoms with Crippen molar-refractivity contribution < 1.29 is 13.2 Å². The van der Waals surface area contributed by atoms with Crippen LogP contribution >= 0.6 is 0 Å². The lowest BCUT2D eigenvalue weighted by Gasteiger charge is -2.10. The second-order valence-electron chi connectivity index (χ2n) is 5.84. The fraction of sp³-hybridized carbons (Fsp3) is 0.0526. The zero-order valence-corrected chi connectivity index (χ0v) is 13.4. The van der Waals surface area contributed by atoms with Crippen LogP contribution in [0.15, 0.2) is 67.1 Å². The average Bonchev–Trinajstić information content (AvgIpc) is 3.01. The summed E-state index contributed by atoms with van der Waals surface area (Å²) in [6, 6.07) is 8.81. The predicted molar refractivity (Wildman–Crippen MR) is 91.9 cm³/mol. The summed E-state index contributed by atoms with van der Waals surface area (Å²) >= 11 is 0. The van der Waals surface area contributed by atoms with Gasteiger partial charge in [0.1, 0.15) is 11.5 Å². The molecule has 7 heteroatoms. The lowest BCUT2D eigenvalue weighted by molar-refractivity contribution is 0.00250. The second-order valence-corrected chi connectivity index (χ2v) is 5.84. The van der Waals surface area contributed by atoms with Crippen LogP contribution in [0.4, 0.5) is 13.2 Å². The molecule has 0 saturated carbocycles. The maximum atomic E-state index is 13.5. The summed E-state index contributed by atoms with van der Waals surface area (Å²) in [5, 5.41) is 4.45. The first-order valence-electron chi connectivity index (χ1n) is 7.79. The predicted octanol–water partition coefficient (Wildman–Crippen LogP) is 4.21. The molecule has 0 bridgehead atoms. The summed E-state index contributed by atoms with van der Waals surface area (Å²) in [5.74, 6) is -0.368. The topological polar surface area (TPSA) is 56.2 Å². The Morgan fingerprint density at radius 1 is 0.885 bits per heavy atom. The lowest BCUT2D eigenvalue weighted by atomic mass is 10.0. The Hall–Kier alpha value is -3.19. The average molecular weight is 354 g/mol. The number of halogens is 3. The third-order valence-corrected chi connectivity index (χ3v) is 4.10. The number of benzene rings is 1. The Morgan fingerprint density at radius 2 is 1.58 bits per heavy atom. The van der Waals surface area contributed by atoms with Crippen LogP contribution in [0.2, 0.25) is 0 Å². The van der Waals surface area contributed by atoms with E-state index in [0.29, 0.717) is 16.8 Å². The van der Waals surface area contributed by atoms with E-state index in [2.05, 4.69) is 10.1 Å². The van der Waals surface area contributed by atoms with Crippen LogP contribution in [0.1, 0.15) is 5.56 Å². The molecule has 4 rings (SSSR count). The summed E-state index contributed by atoms with van der Waals surface area (Å²) in [7, 11) is 0. The van der Waals surface area contributed by atoms with Crippen molar-refractivity contribution in [3.8, 4) is 22.4 Å². The molecule has 0 aliphatic rings. The number of alkyl halides is 2. The molecule has 0 unspecified atom stereocenters. The highest BCUT2D eigenvalue weighted by molar-refractivity contribution is 5.92. The molecule has 0 saturated heterocycles. The van der Waals surface area contributed by atoms with Gasteiger partial charge in [-0.25, -0.2) is 8.91 Å². The van der Waals surface area contributed by atoms with Gasteiger partial charge in [-0.3, -0.25) is 10.7 Å². The minimum Gasteiger partial charge on any atom is -0.268 e. The van der Waals surface area contributed by atoms with E-state index in [4.69, 9.17) is 5.73 Å². The van der Waals surface area contributed by atoms with Crippen molar-refractivity contribution in [2.24, 2.45) is 5.73 Å². The largest absolute Gasteiger partial charge is 0.328 e. The molecule has 0 amide bonds. The molecule has 2 N–H and O–H groups in total. The maximum Gasteiger partial charge on any atom is 0.328 e. The van der Waals surface area contributed by atoms with Crippen molar-refractivity contribution in [2.45, 2.75) is 6.05 Å².